The molecule has 18 heavy (non-hydrogen) atoms. The maximum atomic E-state index is 12.4. The van der Waals surface area contributed by atoms with Gasteiger partial charge in [-0.1, -0.05) is 35.7 Å². The Labute approximate surface area is 120 Å². The van der Waals surface area contributed by atoms with Crippen molar-refractivity contribution in [2.24, 2.45) is 5.92 Å². The Morgan fingerprint density at radius 1 is 1.39 bits per heavy atom. The average Bonchev–Trinajstić information content (AvgIpc) is 2.27. The molecule has 2 N–H and O–H groups in total. The van der Waals surface area contributed by atoms with Gasteiger partial charge in [-0.3, -0.25) is 4.21 Å². The van der Waals surface area contributed by atoms with Crippen LogP contribution in [-0.4, -0.2) is 9.46 Å². The molecule has 1 aromatic rings. The van der Waals surface area contributed by atoms with Crippen molar-refractivity contribution in [3.63, 3.8) is 0 Å². The fourth-order valence-corrected chi connectivity index (χ4v) is 4.92. The minimum Gasteiger partial charge on any atom is -0.399 e. The number of benzene rings is 1. The first kappa shape index (κ1) is 14.1. The molecule has 0 spiro atoms. The molecule has 1 aromatic carbocycles. The highest BCUT2D eigenvalue weighted by Gasteiger charge is 2.23. The average molecular weight is 330 g/mol. The summed E-state index contributed by atoms with van der Waals surface area (Å²) in [6.45, 7) is 2.26. The van der Waals surface area contributed by atoms with Crippen LogP contribution in [0.25, 0.3) is 0 Å². The van der Waals surface area contributed by atoms with Gasteiger partial charge in [0.15, 0.2) is 0 Å². The lowest BCUT2D eigenvalue weighted by molar-refractivity contribution is 0.389. The SMILES string of the molecule is CC1CCCC(S(=O)Cc2cc(N)cc(Br)c2)C1. The lowest BCUT2D eigenvalue weighted by atomic mass is 9.91. The summed E-state index contributed by atoms with van der Waals surface area (Å²) in [7, 11) is -0.771. The number of hydrogen-bond donors (Lipinski definition) is 1. The predicted octanol–water partition coefficient (Wildman–Crippen LogP) is 3.86. The number of anilines is 1. The second-order valence-electron chi connectivity index (χ2n) is 5.31. The molecular formula is C14H20BrNOS. The van der Waals surface area contributed by atoms with Crippen molar-refractivity contribution in [3.8, 4) is 0 Å². The van der Waals surface area contributed by atoms with Gasteiger partial charge >= 0.3 is 0 Å². The number of hydrogen-bond acceptors (Lipinski definition) is 2. The fourth-order valence-electron chi connectivity index (χ4n) is 2.66. The zero-order valence-electron chi connectivity index (χ0n) is 10.7. The van der Waals surface area contributed by atoms with Crippen LogP contribution in [0.1, 0.15) is 38.2 Å². The molecule has 1 fully saturated rings. The third-order valence-corrected chi connectivity index (χ3v) is 5.80. The lowest BCUT2D eigenvalue weighted by Gasteiger charge is -2.26. The molecule has 0 heterocycles. The Morgan fingerprint density at radius 2 is 2.17 bits per heavy atom. The summed E-state index contributed by atoms with van der Waals surface area (Å²) in [5, 5.41) is 0.369. The zero-order valence-corrected chi connectivity index (χ0v) is 13.1. The normalized spacial score (nSPS) is 25.9. The summed E-state index contributed by atoms with van der Waals surface area (Å²) in [6.07, 6.45) is 4.73. The van der Waals surface area contributed by atoms with Crippen molar-refractivity contribution in [2.75, 3.05) is 5.73 Å². The minimum absolute atomic E-state index is 0.369. The summed E-state index contributed by atoms with van der Waals surface area (Å²) in [5.41, 5.74) is 7.60. The Balaban J connectivity index is 2.02. The van der Waals surface area contributed by atoms with E-state index < -0.39 is 10.8 Å². The zero-order chi connectivity index (χ0) is 13.1. The molecule has 0 amide bonds. The van der Waals surface area contributed by atoms with Crippen LogP contribution < -0.4 is 5.73 Å². The quantitative estimate of drug-likeness (QED) is 0.855. The van der Waals surface area contributed by atoms with E-state index in [4.69, 9.17) is 5.73 Å². The Hall–Kier alpha value is -0.350. The van der Waals surface area contributed by atoms with Crippen LogP contribution in [0.3, 0.4) is 0 Å². The van der Waals surface area contributed by atoms with Gasteiger partial charge in [0.2, 0.25) is 0 Å². The van der Waals surface area contributed by atoms with Gasteiger partial charge in [-0.05, 0) is 42.5 Å². The van der Waals surface area contributed by atoms with Gasteiger partial charge in [0.25, 0.3) is 0 Å². The first-order chi connectivity index (χ1) is 8.54. The smallest absolute Gasteiger partial charge is 0.0489 e. The molecule has 3 unspecified atom stereocenters. The summed E-state index contributed by atoms with van der Waals surface area (Å²) in [5.74, 6) is 1.35. The van der Waals surface area contributed by atoms with Gasteiger partial charge in [-0.25, -0.2) is 0 Å². The highest BCUT2D eigenvalue weighted by molar-refractivity contribution is 9.10. The molecule has 0 aliphatic heterocycles. The molecule has 4 heteroatoms. The van der Waals surface area contributed by atoms with Crippen molar-refractivity contribution in [1.29, 1.82) is 0 Å². The van der Waals surface area contributed by atoms with Gasteiger partial charge in [0, 0.05) is 32.0 Å². The Bertz CT molecular complexity index is 429. The van der Waals surface area contributed by atoms with Gasteiger partial charge in [-0.2, -0.15) is 0 Å². The van der Waals surface area contributed by atoms with E-state index in [-0.39, 0.29) is 0 Å². The summed E-state index contributed by atoms with van der Waals surface area (Å²) < 4.78 is 13.4. The van der Waals surface area contributed by atoms with Crippen LogP contribution in [-0.2, 0) is 16.6 Å². The van der Waals surface area contributed by atoms with Crippen molar-refractivity contribution in [3.05, 3.63) is 28.2 Å². The Kier molecular flexibility index (Phi) is 4.84. The fraction of sp³-hybridized carbons (Fsp3) is 0.571. The van der Waals surface area contributed by atoms with Crippen LogP contribution in [0, 0.1) is 5.92 Å². The topological polar surface area (TPSA) is 43.1 Å². The van der Waals surface area contributed by atoms with Crippen molar-refractivity contribution in [1.82, 2.24) is 0 Å². The molecule has 3 atom stereocenters. The highest BCUT2D eigenvalue weighted by Crippen LogP contribution is 2.28. The first-order valence-electron chi connectivity index (χ1n) is 6.46. The second kappa shape index (κ2) is 6.20. The molecule has 0 saturated heterocycles. The molecule has 1 aliphatic rings. The van der Waals surface area contributed by atoms with Crippen LogP contribution in [0.4, 0.5) is 5.69 Å². The molecule has 0 radical (unpaired) electrons. The number of nitrogen functional groups attached to an aromatic ring is 1. The van der Waals surface area contributed by atoms with Crippen molar-refractivity contribution >= 4 is 32.4 Å². The van der Waals surface area contributed by atoms with E-state index >= 15 is 0 Å². The van der Waals surface area contributed by atoms with Gasteiger partial charge < -0.3 is 5.73 Å². The monoisotopic (exact) mass is 329 g/mol. The van der Waals surface area contributed by atoms with E-state index in [1.165, 1.54) is 12.8 Å². The van der Waals surface area contributed by atoms with E-state index in [0.717, 1.165) is 34.5 Å². The number of nitrogens with two attached hydrogens (primary N) is 1. The minimum atomic E-state index is -0.771. The summed E-state index contributed by atoms with van der Waals surface area (Å²) in [4.78, 5) is 0. The van der Waals surface area contributed by atoms with Crippen LogP contribution in [0.5, 0.6) is 0 Å². The molecule has 1 saturated carbocycles. The molecule has 0 aromatic heterocycles. The van der Waals surface area contributed by atoms with E-state index in [2.05, 4.69) is 22.9 Å². The predicted molar refractivity (Wildman–Crippen MR) is 81.8 cm³/mol. The number of rotatable bonds is 3. The van der Waals surface area contributed by atoms with Crippen molar-refractivity contribution < 1.29 is 4.21 Å². The van der Waals surface area contributed by atoms with Gasteiger partial charge in [-0.15, -0.1) is 0 Å². The van der Waals surface area contributed by atoms with Gasteiger partial charge in [0.1, 0.15) is 0 Å². The molecule has 1 aliphatic carbocycles. The lowest BCUT2D eigenvalue weighted by Crippen LogP contribution is -2.24. The molecule has 100 valence electrons. The van der Waals surface area contributed by atoms with Crippen molar-refractivity contribution in [2.45, 2.75) is 43.6 Å². The molecular weight excluding hydrogens is 310 g/mol. The highest BCUT2D eigenvalue weighted by atomic mass is 79.9. The first-order valence-corrected chi connectivity index (χ1v) is 8.64. The second-order valence-corrected chi connectivity index (χ2v) is 7.94. The standard InChI is InChI=1S/C14H20BrNOS/c1-10-3-2-4-14(5-10)18(17)9-11-6-12(15)8-13(16)7-11/h6-8,10,14H,2-5,9,16H2,1H3. The molecule has 0 bridgehead atoms. The Morgan fingerprint density at radius 3 is 2.83 bits per heavy atom. The van der Waals surface area contributed by atoms with E-state index in [0.29, 0.717) is 11.0 Å². The molecule has 2 nitrogen and oxygen atoms in total. The van der Waals surface area contributed by atoms with Crippen LogP contribution in [0.15, 0.2) is 22.7 Å². The maximum absolute atomic E-state index is 12.4. The van der Waals surface area contributed by atoms with E-state index in [9.17, 15) is 4.21 Å². The van der Waals surface area contributed by atoms with E-state index in [1.807, 2.05) is 18.2 Å². The van der Waals surface area contributed by atoms with Gasteiger partial charge in [0.05, 0.1) is 0 Å². The third kappa shape index (κ3) is 3.82. The largest absolute Gasteiger partial charge is 0.399 e. The maximum Gasteiger partial charge on any atom is 0.0489 e. The summed E-state index contributed by atoms with van der Waals surface area (Å²) >= 11 is 3.43. The number of halogens is 1. The summed E-state index contributed by atoms with van der Waals surface area (Å²) in [6, 6.07) is 5.81. The van der Waals surface area contributed by atoms with Crippen LogP contribution >= 0.6 is 15.9 Å². The molecule has 2 rings (SSSR count). The van der Waals surface area contributed by atoms with Crippen LogP contribution in [0.2, 0.25) is 0 Å². The third-order valence-electron chi connectivity index (χ3n) is 3.55. The van der Waals surface area contributed by atoms with E-state index in [1.54, 1.807) is 0 Å².